The van der Waals surface area contributed by atoms with Crippen LogP contribution in [0.3, 0.4) is 0 Å². The minimum Gasteiger partial charge on any atom is -0.493 e. The highest BCUT2D eigenvalue weighted by molar-refractivity contribution is 7.85. The number of benzene rings is 2. The lowest BCUT2D eigenvalue weighted by molar-refractivity contribution is 0.316. The average Bonchev–Trinajstić information content (AvgIpc) is 2.41. The molecular formula is C17H20O4S. The smallest absolute Gasteiger partial charge is 0.294 e. The van der Waals surface area contributed by atoms with Gasteiger partial charge >= 0.3 is 0 Å². The normalized spacial score (nSPS) is 11.5. The van der Waals surface area contributed by atoms with E-state index in [9.17, 15) is 13.0 Å². The molecule has 0 aromatic heterocycles. The molecule has 0 atom stereocenters. The summed E-state index contributed by atoms with van der Waals surface area (Å²) in [5.41, 5.74) is 3.58. The Morgan fingerprint density at radius 2 is 1.68 bits per heavy atom. The fourth-order valence-corrected chi connectivity index (χ4v) is 3.18. The molecule has 0 aliphatic carbocycles. The van der Waals surface area contributed by atoms with Crippen LogP contribution in [0.5, 0.6) is 5.75 Å². The molecule has 0 spiro atoms. The van der Waals surface area contributed by atoms with E-state index in [0.29, 0.717) is 18.6 Å². The van der Waals surface area contributed by atoms with Crippen LogP contribution in [0.1, 0.15) is 22.3 Å². The predicted molar refractivity (Wildman–Crippen MR) is 86.1 cm³/mol. The molecule has 0 saturated heterocycles. The third-order valence-corrected chi connectivity index (χ3v) is 4.47. The van der Waals surface area contributed by atoms with Gasteiger partial charge in [-0.2, -0.15) is 8.42 Å². The van der Waals surface area contributed by atoms with Crippen LogP contribution in [0.15, 0.2) is 41.3 Å². The van der Waals surface area contributed by atoms with Crippen LogP contribution in [-0.4, -0.2) is 19.6 Å². The third kappa shape index (κ3) is 3.87. The molecule has 0 bridgehead atoms. The monoisotopic (exact) mass is 320 g/mol. The molecule has 0 aliphatic rings. The fraction of sp³-hybridized carbons (Fsp3) is 0.294. The lowest BCUT2D eigenvalue weighted by Gasteiger charge is -2.13. The van der Waals surface area contributed by atoms with E-state index in [1.165, 1.54) is 6.07 Å². The average molecular weight is 320 g/mol. The Morgan fingerprint density at radius 3 is 2.27 bits per heavy atom. The molecule has 22 heavy (non-hydrogen) atoms. The molecule has 0 fully saturated rings. The third-order valence-electron chi connectivity index (χ3n) is 3.52. The highest BCUT2D eigenvalue weighted by Gasteiger charge is 2.15. The number of hydrogen-bond donors (Lipinski definition) is 1. The quantitative estimate of drug-likeness (QED) is 0.857. The van der Waals surface area contributed by atoms with Gasteiger partial charge in [0.15, 0.2) is 0 Å². The maximum atomic E-state index is 11.4. The van der Waals surface area contributed by atoms with Crippen molar-refractivity contribution in [2.24, 2.45) is 0 Å². The minimum atomic E-state index is -4.22. The summed E-state index contributed by atoms with van der Waals surface area (Å²) in [6, 6.07) is 10.8. The number of para-hydroxylation sites is 1. The maximum Gasteiger partial charge on any atom is 0.294 e. The van der Waals surface area contributed by atoms with E-state index in [1.54, 1.807) is 12.1 Å². The fourth-order valence-electron chi connectivity index (χ4n) is 2.45. The molecule has 0 heterocycles. The first-order valence-electron chi connectivity index (χ1n) is 7.05. The second kappa shape index (κ2) is 6.50. The van der Waals surface area contributed by atoms with Crippen molar-refractivity contribution >= 4 is 10.1 Å². The standard InChI is InChI=1S/C17H20O4S/c1-12-7-8-16(22(18,19)20)15(11-12)9-10-21-17-13(2)5-4-6-14(17)3/h4-8,11H,9-10H2,1-3H3,(H,18,19,20). The molecule has 0 unspecified atom stereocenters. The SMILES string of the molecule is Cc1ccc(S(=O)(=O)O)c(CCOc2c(C)cccc2C)c1. The molecule has 0 amide bonds. The molecule has 5 heteroatoms. The van der Waals surface area contributed by atoms with Crippen LogP contribution < -0.4 is 4.74 Å². The summed E-state index contributed by atoms with van der Waals surface area (Å²) in [6.45, 7) is 6.17. The molecule has 1 N–H and O–H groups in total. The summed E-state index contributed by atoms with van der Waals surface area (Å²) >= 11 is 0. The van der Waals surface area contributed by atoms with E-state index in [4.69, 9.17) is 4.74 Å². The van der Waals surface area contributed by atoms with Gasteiger partial charge in [0, 0.05) is 6.42 Å². The van der Waals surface area contributed by atoms with Gasteiger partial charge in [-0.3, -0.25) is 4.55 Å². The largest absolute Gasteiger partial charge is 0.493 e. The summed E-state index contributed by atoms with van der Waals surface area (Å²) in [5, 5.41) is 0. The number of rotatable bonds is 5. The highest BCUT2D eigenvalue weighted by atomic mass is 32.2. The molecular weight excluding hydrogens is 300 g/mol. The van der Waals surface area contributed by atoms with Gasteiger partial charge in [0.05, 0.1) is 11.5 Å². The van der Waals surface area contributed by atoms with Gasteiger partial charge in [0.1, 0.15) is 5.75 Å². The van der Waals surface area contributed by atoms with Crippen LogP contribution in [0.2, 0.25) is 0 Å². The van der Waals surface area contributed by atoms with E-state index in [0.717, 1.165) is 22.4 Å². The van der Waals surface area contributed by atoms with Crippen molar-refractivity contribution < 1.29 is 17.7 Å². The Hall–Kier alpha value is -1.85. The lowest BCUT2D eigenvalue weighted by atomic mass is 10.1. The summed E-state index contributed by atoms with van der Waals surface area (Å²) in [7, 11) is -4.22. The molecule has 2 aromatic carbocycles. The van der Waals surface area contributed by atoms with E-state index in [2.05, 4.69) is 0 Å². The van der Waals surface area contributed by atoms with E-state index in [1.807, 2.05) is 39.0 Å². The second-order valence-electron chi connectivity index (χ2n) is 5.41. The zero-order valence-electron chi connectivity index (χ0n) is 13.0. The van der Waals surface area contributed by atoms with E-state index >= 15 is 0 Å². The summed E-state index contributed by atoms with van der Waals surface area (Å²) in [6.07, 6.45) is 0.407. The zero-order valence-corrected chi connectivity index (χ0v) is 13.8. The first-order chi connectivity index (χ1) is 10.3. The van der Waals surface area contributed by atoms with Gasteiger partial charge in [-0.1, -0.05) is 35.9 Å². The molecule has 2 aromatic rings. The van der Waals surface area contributed by atoms with Crippen LogP contribution in [0.4, 0.5) is 0 Å². The second-order valence-corrected chi connectivity index (χ2v) is 6.80. The summed E-state index contributed by atoms with van der Waals surface area (Å²) in [4.78, 5) is -0.0526. The van der Waals surface area contributed by atoms with Crippen molar-refractivity contribution in [3.63, 3.8) is 0 Å². The summed E-state index contributed by atoms with van der Waals surface area (Å²) in [5.74, 6) is 0.823. The van der Waals surface area contributed by atoms with Crippen LogP contribution >= 0.6 is 0 Å². The van der Waals surface area contributed by atoms with Crippen molar-refractivity contribution in [1.82, 2.24) is 0 Å². The molecule has 0 radical (unpaired) electrons. The van der Waals surface area contributed by atoms with Crippen molar-refractivity contribution in [1.29, 1.82) is 0 Å². The Morgan fingerprint density at radius 1 is 1.05 bits per heavy atom. The van der Waals surface area contributed by atoms with Crippen LogP contribution in [-0.2, 0) is 16.5 Å². The van der Waals surface area contributed by atoms with E-state index in [-0.39, 0.29) is 4.90 Å². The molecule has 2 rings (SSSR count). The predicted octanol–water partition coefficient (Wildman–Crippen LogP) is 3.48. The van der Waals surface area contributed by atoms with Crippen molar-refractivity contribution in [2.75, 3.05) is 6.61 Å². The topological polar surface area (TPSA) is 63.6 Å². The van der Waals surface area contributed by atoms with Crippen molar-refractivity contribution in [2.45, 2.75) is 32.1 Å². The zero-order chi connectivity index (χ0) is 16.3. The van der Waals surface area contributed by atoms with Gasteiger partial charge in [-0.15, -0.1) is 0 Å². The van der Waals surface area contributed by atoms with Crippen molar-refractivity contribution in [3.8, 4) is 5.75 Å². The highest BCUT2D eigenvalue weighted by Crippen LogP contribution is 2.23. The van der Waals surface area contributed by atoms with Gasteiger partial charge in [-0.05, 0) is 43.5 Å². The van der Waals surface area contributed by atoms with Crippen LogP contribution in [0.25, 0.3) is 0 Å². The van der Waals surface area contributed by atoms with Crippen molar-refractivity contribution in [3.05, 3.63) is 58.7 Å². The number of aryl methyl sites for hydroxylation is 3. The molecule has 4 nitrogen and oxygen atoms in total. The summed E-state index contributed by atoms with van der Waals surface area (Å²) < 4.78 is 37.9. The lowest BCUT2D eigenvalue weighted by Crippen LogP contribution is -2.09. The first kappa shape index (κ1) is 16.5. The maximum absolute atomic E-state index is 11.4. The number of hydrogen-bond acceptors (Lipinski definition) is 3. The van der Waals surface area contributed by atoms with E-state index < -0.39 is 10.1 Å². The van der Waals surface area contributed by atoms with Gasteiger partial charge in [0.25, 0.3) is 10.1 Å². The minimum absolute atomic E-state index is 0.0526. The molecule has 0 saturated carbocycles. The van der Waals surface area contributed by atoms with Gasteiger partial charge < -0.3 is 4.74 Å². The Balaban J connectivity index is 2.17. The first-order valence-corrected chi connectivity index (χ1v) is 8.49. The van der Waals surface area contributed by atoms with Gasteiger partial charge in [0.2, 0.25) is 0 Å². The Bertz CT molecular complexity index is 759. The number of ether oxygens (including phenoxy) is 1. The molecule has 118 valence electrons. The van der Waals surface area contributed by atoms with Gasteiger partial charge in [-0.25, -0.2) is 0 Å². The van der Waals surface area contributed by atoms with Crippen LogP contribution in [0, 0.1) is 20.8 Å². The molecule has 0 aliphatic heterocycles. The Kier molecular flexibility index (Phi) is 4.88. The Labute approximate surface area is 131 Å².